The van der Waals surface area contributed by atoms with E-state index in [1.165, 1.54) is 19.4 Å². The van der Waals surface area contributed by atoms with Crippen LogP contribution in [-0.2, 0) is 14.3 Å². The minimum atomic E-state index is -0.402. The van der Waals surface area contributed by atoms with Crippen LogP contribution >= 0.6 is 0 Å². The highest BCUT2D eigenvalue weighted by Crippen LogP contribution is 2.15. The average Bonchev–Trinajstić information content (AvgIpc) is 2.49. The van der Waals surface area contributed by atoms with Crippen LogP contribution in [0.5, 0.6) is 0 Å². The second-order valence-corrected chi connectivity index (χ2v) is 5.36. The first-order valence-corrected chi connectivity index (χ1v) is 7.86. The molecule has 0 spiro atoms. The Morgan fingerprint density at radius 1 is 1.40 bits per heavy atom. The number of rotatable bonds is 9. The van der Waals surface area contributed by atoms with Crippen LogP contribution in [0.4, 0.5) is 0 Å². The largest absolute Gasteiger partial charge is 0.379 e. The Balaban J connectivity index is 2.14. The van der Waals surface area contributed by atoms with Crippen LogP contribution < -0.4 is 5.32 Å². The van der Waals surface area contributed by atoms with Gasteiger partial charge in [-0.2, -0.15) is 0 Å². The highest BCUT2D eigenvalue weighted by Gasteiger charge is 2.20. The fourth-order valence-corrected chi connectivity index (χ4v) is 2.50. The van der Waals surface area contributed by atoms with Gasteiger partial charge in [-0.05, 0) is 45.7 Å². The lowest BCUT2D eigenvalue weighted by Gasteiger charge is -2.32. The molecule has 2 atom stereocenters. The quantitative estimate of drug-likeness (QED) is 0.649. The molecule has 5 heteroatoms. The van der Waals surface area contributed by atoms with Gasteiger partial charge in [0.25, 0.3) is 0 Å². The summed E-state index contributed by atoms with van der Waals surface area (Å²) in [6.45, 7) is 11.8. The molecule has 1 aliphatic rings. The van der Waals surface area contributed by atoms with Crippen molar-refractivity contribution in [1.29, 1.82) is 0 Å². The van der Waals surface area contributed by atoms with Gasteiger partial charge in [0, 0.05) is 19.7 Å². The number of carbonyl (C=O) groups excluding carboxylic acids is 1. The standard InChI is InChI=1S/C15H30N2O3/c1-4-17-8-6-7-14(12-17)11-16-15(18)13(3)20-10-9-19-5-2/h13-14H,4-12H2,1-3H3,(H,16,18)/t13-,14+/m0/s1. The number of piperidine rings is 1. The van der Waals surface area contributed by atoms with E-state index >= 15 is 0 Å². The SMILES string of the molecule is CCOCCO[C@@H](C)C(=O)NC[C@H]1CCCN(CC)C1. The molecule has 0 unspecified atom stereocenters. The Morgan fingerprint density at radius 2 is 2.20 bits per heavy atom. The monoisotopic (exact) mass is 286 g/mol. The van der Waals surface area contributed by atoms with Crippen molar-refractivity contribution in [3.8, 4) is 0 Å². The molecule has 1 fully saturated rings. The number of hydrogen-bond acceptors (Lipinski definition) is 4. The summed E-state index contributed by atoms with van der Waals surface area (Å²) >= 11 is 0. The molecule has 1 heterocycles. The summed E-state index contributed by atoms with van der Waals surface area (Å²) in [6, 6.07) is 0. The second kappa shape index (κ2) is 10.1. The highest BCUT2D eigenvalue weighted by atomic mass is 16.5. The number of ether oxygens (including phenoxy) is 2. The first-order valence-electron chi connectivity index (χ1n) is 7.86. The van der Waals surface area contributed by atoms with Crippen molar-refractivity contribution in [2.45, 2.75) is 39.7 Å². The molecule has 0 aromatic heterocycles. The molecule has 0 aromatic carbocycles. The van der Waals surface area contributed by atoms with Gasteiger partial charge in [0.1, 0.15) is 6.10 Å². The minimum absolute atomic E-state index is 0.0184. The first-order chi connectivity index (χ1) is 9.67. The van der Waals surface area contributed by atoms with Crippen LogP contribution in [0, 0.1) is 5.92 Å². The normalized spacial score (nSPS) is 21.6. The predicted molar refractivity (Wildman–Crippen MR) is 79.8 cm³/mol. The molecule has 1 amide bonds. The van der Waals surface area contributed by atoms with Crippen molar-refractivity contribution in [1.82, 2.24) is 10.2 Å². The molecule has 0 aliphatic carbocycles. The van der Waals surface area contributed by atoms with Gasteiger partial charge in [0.2, 0.25) is 5.91 Å². The van der Waals surface area contributed by atoms with Gasteiger partial charge in [-0.25, -0.2) is 0 Å². The zero-order valence-corrected chi connectivity index (χ0v) is 13.2. The molecule has 0 bridgehead atoms. The molecular formula is C15H30N2O3. The van der Waals surface area contributed by atoms with Gasteiger partial charge in [-0.1, -0.05) is 6.92 Å². The zero-order chi connectivity index (χ0) is 14.8. The lowest BCUT2D eigenvalue weighted by atomic mass is 9.98. The fourth-order valence-electron chi connectivity index (χ4n) is 2.50. The number of nitrogens with zero attached hydrogens (tertiary/aromatic N) is 1. The fraction of sp³-hybridized carbons (Fsp3) is 0.933. The van der Waals surface area contributed by atoms with Crippen molar-refractivity contribution in [2.75, 3.05) is 46.0 Å². The van der Waals surface area contributed by atoms with Gasteiger partial charge in [-0.15, -0.1) is 0 Å². The van der Waals surface area contributed by atoms with E-state index in [1.54, 1.807) is 6.92 Å². The topological polar surface area (TPSA) is 50.8 Å². The number of carbonyl (C=O) groups is 1. The van der Waals surface area contributed by atoms with Crippen molar-refractivity contribution < 1.29 is 14.3 Å². The van der Waals surface area contributed by atoms with Crippen molar-refractivity contribution >= 4 is 5.91 Å². The van der Waals surface area contributed by atoms with Gasteiger partial charge >= 0.3 is 0 Å². The maximum Gasteiger partial charge on any atom is 0.248 e. The minimum Gasteiger partial charge on any atom is -0.379 e. The maximum absolute atomic E-state index is 11.9. The highest BCUT2D eigenvalue weighted by molar-refractivity contribution is 5.80. The van der Waals surface area contributed by atoms with Gasteiger partial charge in [0.15, 0.2) is 0 Å². The van der Waals surface area contributed by atoms with Gasteiger partial charge in [-0.3, -0.25) is 4.79 Å². The molecule has 5 nitrogen and oxygen atoms in total. The van der Waals surface area contributed by atoms with Gasteiger partial charge < -0.3 is 19.7 Å². The molecule has 1 rings (SSSR count). The van der Waals surface area contributed by atoms with Crippen LogP contribution in [0.1, 0.15) is 33.6 Å². The number of amides is 1. The zero-order valence-electron chi connectivity index (χ0n) is 13.2. The van der Waals surface area contributed by atoms with E-state index in [0.717, 1.165) is 19.6 Å². The summed E-state index contributed by atoms with van der Waals surface area (Å²) < 4.78 is 10.6. The Kier molecular flexibility index (Phi) is 8.82. The molecule has 118 valence electrons. The first kappa shape index (κ1) is 17.4. The van der Waals surface area contributed by atoms with Crippen LogP contribution in [0.3, 0.4) is 0 Å². The molecule has 1 aliphatic heterocycles. The maximum atomic E-state index is 11.9. The molecule has 1 saturated heterocycles. The smallest absolute Gasteiger partial charge is 0.248 e. The molecule has 1 N–H and O–H groups in total. The Bertz CT molecular complexity index is 274. The summed E-state index contributed by atoms with van der Waals surface area (Å²) in [7, 11) is 0. The Hall–Kier alpha value is -0.650. The summed E-state index contributed by atoms with van der Waals surface area (Å²) in [5.41, 5.74) is 0. The molecule has 20 heavy (non-hydrogen) atoms. The summed E-state index contributed by atoms with van der Waals surface area (Å²) in [5, 5.41) is 3.01. The van der Waals surface area contributed by atoms with Crippen LogP contribution in [0.25, 0.3) is 0 Å². The third kappa shape index (κ3) is 6.68. The third-order valence-electron chi connectivity index (χ3n) is 3.78. The lowest BCUT2D eigenvalue weighted by Crippen LogP contribution is -2.43. The number of nitrogens with one attached hydrogen (secondary N) is 1. The summed E-state index contributed by atoms with van der Waals surface area (Å²) in [5.74, 6) is 0.554. The van der Waals surface area contributed by atoms with E-state index in [4.69, 9.17) is 9.47 Å². The van der Waals surface area contributed by atoms with E-state index < -0.39 is 6.10 Å². The number of hydrogen-bond donors (Lipinski definition) is 1. The summed E-state index contributed by atoms with van der Waals surface area (Å²) in [4.78, 5) is 14.4. The average molecular weight is 286 g/mol. The Labute approximate surface area is 123 Å². The van der Waals surface area contributed by atoms with Crippen molar-refractivity contribution in [3.63, 3.8) is 0 Å². The third-order valence-corrected chi connectivity index (χ3v) is 3.78. The molecule has 0 saturated carbocycles. The van der Waals surface area contributed by atoms with Crippen LogP contribution in [-0.4, -0.2) is 62.9 Å². The lowest BCUT2D eigenvalue weighted by molar-refractivity contribution is -0.132. The molecular weight excluding hydrogens is 256 g/mol. The van der Waals surface area contributed by atoms with E-state index in [-0.39, 0.29) is 5.91 Å². The predicted octanol–water partition coefficient (Wildman–Crippen LogP) is 1.28. The van der Waals surface area contributed by atoms with E-state index in [9.17, 15) is 4.79 Å². The van der Waals surface area contributed by atoms with E-state index in [2.05, 4.69) is 17.1 Å². The van der Waals surface area contributed by atoms with Crippen LogP contribution in [0.2, 0.25) is 0 Å². The van der Waals surface area contributed by atoms with Crippen molar-refractivity contribution in [3.05, 3.63) is 0 Å². The van der Waals surface area contributed by atoms with Gasteiger partial charge in [0.05, 0.1) is 13.2 Å². The molecule has 0 radical (unpaired) electrons. The number of likely N-dealkylation sites (tertiary alicyclic amines) is 1. The van der Waals surface area contributed by atoms with E-state index in [1.807, 2.05) is 6.92 Å². The second-order valence-electron chi connectivity index (χ2n) is 5.36. The van der Waals surface area contributed by atoms with E-state index in [0.29, 0.717) is 25.7 Å². The Morgan fingerprint density at radius 3 is 2.90 bits per heavy atom. The van der Waals surface area contributed by atoms with Crippen LogP contribution in [0.15, 0.2) is 0 Å². The van der Waals surface area contributed by atoms with Crippen molar-refractivity contribution in [2.24, 2.45) is 5.92 Å². The summed E-state index contributed by atoms with van der Waals surface area (Å²) in [6.07, 6.45) is 2.03. The molecule has 0 aromatic rings.